The summed E-state index contributed by atoms with van der Waals surface area (Å²) >= 11 is 0. The molecule has 1 amide bonds. The number of fused-ring (bicyclic) bond motifs is 3. The van der Waals surface area contributed by atoms with E-state index in [2.05, 4.69) is 0 Å². The van der Waals surface area contributed by atoms with Gasteiger partial charge in [0, 0.05) is 17.9 Å². The van der Waals surface area contributed by atoms with E-state index in [-0.39, 0.29) is 36.1 Å². The zero-order valence-corrected chi connectivity index (χ0v) is 17.7. The highest BCUT2D eigenvalue weighted by Gasteiger charge is 2.59. The van der Waals surface area contributed by atoms with E-state index < -0.39 is 57.8 Å². The van der Waals surface area contributed by atoms with Gasteiger partial charge in [0.25, 0.3) is 5.91 Å². The quantitative estimate of drug-likeness (QED) is 0.426. The third kappa shape index (κ3) is 2.83. The lowest BCUT2D eigenvalue weighted by atomic mass is 9.60. The number of aliphatic hydroxyl groups excluding tert-OH is 2. The maximum absolute atomic E-state index is 13.5. The van der Waals surface area contributed by atoms with Crippen molar-refractivity contribution in [3.63, 3.8) is 0 Å². The number of phenolic OH excluding ortho intramolecular Hbond substituents is 1. The summed E-state index contributed by atoms with van der Waals surface area (Å²) in [5.41, 5.74) is 3.17. The fraction of sp³-hybridized carbons (Fsp3) is 0.240. The van der Waals surface area contributed by atoms with Crippen molar-refractivity contribution < 1.29 is 39.2 Å². The first-order valence-electron chi connectivity index (χ1n) is 10.6. The molecule has 3 atom stereocenters. The van der Waals surface area contributed by atoms with Crippen LogP contribution in [-0.2, 0) is 16.0 Å². The third-order valence-corrected chi connectivity index (χ3v) is 7.10. The Kier molecular flexibility index (Phi) is 4.66. The Balaban J connectivity index is 1.68. The minimum Gasteiger partial charge on any atom is -0.511 e. The average molecular weight is 465 g/mol. The lowest BCUT2D eigenvalue weighted by molar-refractivity contribution is -0.144. The summed E-state index contributed by atoms with van der Waals surface area (Å²) < 4.78 is 13.4. The molecule has 0 aromatic heterocycles. The minimum absolute atomic E-state index is 0.0431. The molecule has 5 rings (SSSR count). The van der Waals surface area contributed by atoms with Gasteiger partial charge in [-0.3, -0.25) is 14.4 Å². The molecule has 174 valence electrons. The van der Waals surface area contributed by atoms with Crippen molar-refractivity contribution in [1.82, 2.24) is 0 Å². The molecule has 6 N–H and O–H groups in total. The lowest BCUT2D eigenvalue weighted by Crippen LogP contribution is -2.57. The third-order valence-electron chi connectivity index (χ3n) is 7.10. The number of nitrogens with two attached hydrogens (primary N) is 1. The Morgan fingerprint density at radius 3 is 2.35 bits per heavy atom. The molecule has 8 nitrogen and oxygen atoms in total. The van der Waals surface area contributed by atoms with Crippen molar-refractivity contribution >= 4 is 17.5 Å². The number of carbonyl (C=O) groups is 3. The number of primary amides is 1. The molecule has 0 aliphatic heterocycles. The predicted molar refractivity (Wildman–Crippen MR) is 116 cm³/mol. The van der Waals surface area contributed by atoms with Crippen LogP contribution in [0.15, 0.2) is 59.1 Å². The lowest BCUT2D eigenvalue weighted by Gasteiger charge is -2.45. The SMILES string of the molecule is NC(=O)C1=C(O)C[C@@H]2C[C@@H]3Cc4c(-c5ccc(F)cc5)ccc(O)c4C(=O)C3=C(O)[C@]2(O)C1=O. The van der Waals surface area contributed by atoms with Gasteiger partial charge in [0.15, 0.2) is 11.4 Å². The molecule has 0 bridgehead atoms. The molecule has 0 radical (unpaired) electrons. The van der Waals surface area contributed by atoms with Gasteiger partial charge in [-0.05, 0) is 53.6 Å². The van der Waals surface area contributed by atoms with Crippen molar-refractivity contribution in [1.29, 1.82) is 0 Å². The fourth-order valence-corrected chi connectivity index (χ4v) is 5.52. The topological polar surface area (TPSA) is 158 Å². The monoisotopic (exact) mass is 465 g/mol. The maximum atomic E-state index is 13.5. The highest BCUT2D eigenvalue weighted by atomic mass is 19.1. The van der Waals surface area contributed by atoms with E-state index in [1.165, 1.54) is 18.2 Å². The van der Waals surface area contributed by atoms with Gasteiger partial charge >= 0.3 is 0 Å². The zero-order valence-electron chi connectivity index (χ0n) is 17.7. The number of aromatic hydroxyl groups is 1. The molecule has 0 saturated heterocycles. The van der Waals surface area contributed by atoms with Gasteiger partial charge in [-0.25, -0.2) is 4.39 Å². The predicted octanol–water partition coefficient (Wildman–Crippen LogP) is 2.39. The second kappa shape index (κ2) is 7.26. The number of amides is 1. The number of benzene rings is 2. The molecule has 0 unspecified atom stereocenters. The van der Waals surface area contributed by atoms with Crippen molar-refractivity contribution in [3.05, 3.63) is 76.0 Å². The molecule has 9 heteroatoms. The molecular formula is C25H20FNO7. The summed E-state index contributed by atoms with van der Waals surface area (Å²) in [6.45, 7) is 0. The van der Waals surface area contributed by atoms with Crippen molar-refractivity contribution in [3.8, 4) is 16.9 Å². The number of allylic oxidation sites excluding steroid dienone is 2. The van der Waals surface area contributed by atoms with Crippen LogP contribution in [-0.4, -0.2) is 43.5 Å². The van der Waals surface area contributed by atoms with Gasteiger partial charge in [0.2, 0.25) is 5.78 Å². The molecule has 0 fully saturated rings. The highest BCUT2D eigenvalue weighted by Crippen LogP contribution is 2.52. The van der Waals surface area contributed by atoms with E-state index in [0.717, 1.165) is 0 Å². The average Bonchev–Trinajstić information content (AvgIpc) is 2.77. The molecule has 3 aliphatic carbocycles. The van der Waals surface area contributed by atoms with Gasteiger partial charge in [-0.1, -0.05) is 18.2 Å². The Morgan fingerprint density at radius 2 is 1.71 bits per heavy atom. The van der Waals surface area contributed by atoms with Crippen LogP contribution in [0, 0.1) is 17.7 Å². The molecular weight excluding hydrogens is 445 g/mol. The number of aliphatic hydroxyl groups is 3. The number of rotatable bonds is 2. The van der Waals surface area contributed by atoms with Crippen molar-refractivity contribution in [2.45, 2.75) is 24.9 Å². The van der Waals surface area contributed by atoms with Crippen molar-refractivity contribution in [2.24, 2.45) is 17.6 Å². The van der Waals surface area contributed by atoms with E-state index in [1.54, 1.807) is 18.2 Å². The highest BCUT2D eigenvalue weighted by molar-refractivity contribution is 6.24. The van der Waals surface area contributed by atoms with Crippen LogP contribution in [0.1, 0.15) is 28.8 Å². The summed E-state index contributed by atoms with van der Waals surface area (Å²) in [7, 11) is 0. The van der Waals surface area contributed by atoms with Crippen molar-refractivity contribution in [2.75, 3.05) is 0 Å². The number of ketones is 2. The second-order valence-electron chi connectivity index (χ2n) is 8.90. The molecule has 34 heavy (non-hydrogen) atoms. The number of Topliss-reactive ketones (excluding diaryl/α,β-unsaturated/α-hetero) is 2. The smallest absolute Gasteiger partial charge is 0.255 e. The van der Waals surface area contributed by atoms with E-state index in [4.69, 9.17) is 5.73 Å². The Hall–Kier alpha value is -3.98. The first kappa shape index (κ1) is 21.8. The Labute approximate surface area is 192 Å². The fourth-order valence-electron chi connectivity index (χ4n) is 5.52. The normalized spacial score (nSPS) is 26.2. The largest absolute Gasteiger partial charge is 0.511 e. The number of hydrogen-bond donors (Lipinski definition) is 5. The van der Waals surface area contributed by atoms with Crippen LogP contribution in [0.2, 0.25) is 0 Å². The van der Waals surface area contributed by atoms with Crippen LogP contribution >= 0.6 is 0 Å². The first-order valence-corrected chi connectivity index (χ1v) is 10.6. The van der Waals surface area contributed by atoms with E-state index in [9.17, 15) is 39.2 Å². The Morgan fingerprint density at radius 1 is 1.03 bits per heavy atom. The number of phenols is 1. The zero-order chi connectivity index (χ0) is 24.5. The number of halogens is 1. The van der Waals surface area contributed by atoms with Crippen LogP contribution in [0.4, 0.5) is 4.39 Å². The van der Waals surface area contributed by atoms with E-state index >= 15 is 0 Å². The van der Waals surface area contributed by atoms with E-state index in [1.807, 2.05) is 0 Å². The second-order valence-corrected chi connectivity index (χ2v) is 8.90. The summed E-state index contributed by atoms with van der Waals surface area (Å²) in [5, 5.41) is 43.0. The Bertz CT molecular complexity index is 1360. The summed E-state index contributed by atoms with van der Waals surface area (Å²) in [6.07, 6.45) is -0.0722. The molecule has 2 aromatic carbocycles. The van der Waals surface area contributed by atoms with Crippen LogP contribution < -0.4 is 5.73 Å². The summed E-state index contributed by atoms with van der Waals surface area (Å²) in [6, 6.07) is 8.56. The van der Waals surface area contributed by atoms with Crippen LogP contribution in [0.5, 0.6) is 5.75 Å². The molecule has 0 saturated carbocycles. The van der Waals surface area contributed by atoms with Gasteiger partial charge in [-0.2, -0.15) is 0 Å². The maximum Gasteiger partial charge on any atom is 0.255 e. The van der Waals surface area contributed by atoms with Crippen LogP contribution in [0.25, 0.3) is 11.1 Å². The molecule has 0 spiro atoms. The molecule has 3 aliphatic rings. The summed E-state index contributed by atoms with van der Waals surface area (Å²) in [4.78, 5) is 38.2. The standard InChI is InChI=1S/C25H20FNO7/c26-13-3-1-10(2-4-13)14-5-6-16(28)19-15(14)8-11-7-12-9-17(29)20(24(27)33)23(32)25(12,34)22(31)18(11)21(19)30/h1-6,11-12,28-29,31,34H,7-9H2,(H2,27,33)/t11-,12+,25+/m1/s1. The minimum atomic E-state index is -2.60. The van der Waals surface area contributed by atoms with Gasteiger partial charge in [0.05, 0.1) is 5.56 Å². The number of hydrogen-bond acceptors (Lipinski definition) is 7. The number of carbonyl (C=O) groups excluding carboxylic acids is 3. The van der Waals surface area contributed by atoms with Crippen LogP contribution in [0.3, 0.4) is 0 Å². The molecule has 2 aromatic rings. The molecule has 0 heterocycles. The van der Waals surface area contributed by atoms with Gasteiger partial charge < -0.3 is 26.2 Å². The van der Waals surface area contributed by atoms with E-state index in [0.29, 0.717) is 16.7 Å². The van der Waals surface area contributed by atoms with Gasteiger partial charge in [-0.15, -0.1) is 0 Å². The summed E-state index contributed by atoms with van der Waals surface area (Å²) in [5.74, 6) is -7.16. The first-order chi connectivity index (χ1) is 16.1. The van der Waals surface area contributed by atoms with Gasteiger partial charge in [0.1, 0.15) is 28.7 Å².